The Bertz CT molecular complexity index is 708. The monoisotopic (exact) mass is 348 g/mol. The van der Waals surface area contributed by atoms with Gasteiger partial charge in [0.05, 0.1) is 12.6 Å². The number of methoxy groups -OCH3 is 1. The number of carbonyl (C=O) groups excluding carboxylic acids is 2. The molecule has 3 rings (SSSR count). The molecule has 25 heavy (non-hydrogen) atoms. The Morgan fingerprint density at radius 1 is 1.40 bits per heavy atom. The molecule has 0 unspecified atom stereocenters. The third kappa shape index (κ3) is 2.53. The van der Waals surface area contributed by atoms with Gasteiger partial charge in [0.15, 0.2) is 17.1 Å². The van der Waals surface area contributed by atoms with Gasteiger partial charge in [-0.3, -0.25) is 14.5 Å². The summed E-state index contributed by atoms with van der Waals surface area (Å²) in [5.74, 6) is -0.536. The highest BCUT2D eigenvalue weighted by molar-refractivity contribution is 6.23. The molecule has 3 atom stereocenters. The fourth-order valence-electron chi connectivity index (χ4n) is 3.84. The summed E-state index contributed by atoms with van der Waals surface area (Å²) in [6.45, 7) is 2.49. The Kier molecular flexibility index (Phi) is 4.79. The molecule has 0 radical (unpaired) electrons. The number of aromatic nitrogens is 1. The van der Waals surface area contributed by atoms with Gasteiger partial charge in [-0.2, -0.15) is 0 Å². The van der Waals surface area contributed by atoms with E-state index in [1.165, 1.54) is 13.2 Å². The number of carbonyl (C=O) groups is 2. The minimum atomic E-state index is -1.55. The summed E-state index contributed by atoms with van der Waals surface area (Å²) < 4.78 is 16.8. The summed E-state index contributed by atoms with van der Waals surface area (Å²) in [7, 11) is 5.17. The molecule has 1 heterocycles. The summed E-state index contributed by atoms with van der Waals surface area (Å²) in [6, 6.07) is -0.308. The molecule has 7 nitrogen and oxygen atoms in total. The fraction of sp³-hybridized carbons (Fsp3) is 0.611. The average Bonchev–Trinajstić information content (AvgIpc) is 2.99. The van der Waals surface area contributed by atoms with Gasteiger partial charge >= 0.3 is 0 Å². The molecule has 2 aliphatic rings. The number of hydrogen-bond acceptors (Lipinski definition) is 7. The van der Waals surface area contributed by atoms with Gasteiger partial charge < -0.3 is 14.0 Å². The molecule has 136 valence electrons. The van der Waals surface area contributed by atoms with E-state index >= 15 is 0 Å². The second-order valence-corrected chi connectivity index (χ2v) is 6.72. The summed E-state index contributed by atoms with van der Waals surface area (Å²) in [5, 5.41) is 3.97. The molecule has 0 N–H and O–H groups in total. The van der Waals surface area contributed by atoms with E-state index < -0.39 is 11.4 Å². The lowest BCUT2D eigenvalue weighted by Gasteiger charge is -2.46. The lowest BCUT2D eigenvalue weighted by Crippen LogP contribution is -2.60. The van der Waals surface area contributed by atoms with E-state index in [1.54, 1.807) is 6.08 Å². The first-order valence-corrected chi connectivity index (χ1v) is 8.58. The van der Waals surface area contributed by atoms with E-state index in [2.05, 4.69) is 5.16 Å². The van der Waals surface area contributed by atoms with Crippen LogP contribution < -0.4 is 4.74 Å². The normalized spacial score (nSPS) is 28.2. The number of ether oxygens (including phenoxy) is 2. The summed E-state index contributed by atoms with van der Waals surface area (Å²) >= 11 is 0. The topological polar surface area (TPSA) is 81.9 Å². The van der Waals surface area contributed by atoms with Crippen LogP contribution in [-0.4, -0.2) is 55.0 Å². The van der Waals surface area contributed by atoms with Crippen LogP contribution in [0.2, 0.25) is 0 Å². The van der Waals surface area contributed by atoms with Crippen LogP contribution >= 0.6 is 0 Å². The smallest absolute Gasteiger partial charge is 0.265 e. The van der Waals surface area contributed by atoms with E-state index in [4.69, 9.17) is 14.0 Å². The van der Waals surface area contributed by atoms with Crippen LogP contribution in [-0.2, 0) is 9.53 Å². The number of allylic oxidation sites excluding steroid dienone is 1. The van der Waals surface area contributed by atoms with E-state index in [9.17, 15) is 9.59 Å². The Morgan fingerprint density at radius 2 is 2.16 bits per heavy atom. The van der Waals surface area contributed by atoms with Crippen molar-refractivity contribution in [2.24, 2.45) is 5.92 Å². The van der Waals surface area contributed by atoms with Crippen LogP contribution in [0.4, 0.5) is 0 Å². The Morgan fingerprint density at radius 3 is 2.80 bits per heavy atom. The molecular formula is C18H24N2O5. The van der Waals surface area contributed by atoms with Gasteiger partial charge in [0, 0.05) is 13.0 Å². The number of ketones is 2. The van der Waals surface area contributed by atoms with Crippen molar-refractivity contribution in [3.05, 3.63) is 23.5 Å². The van der Waals surface area contributed by atoms with Crippen LogP contribution in [0.3, 0.4) is 0 Å². The van der Waals surface area contributed by atoms with Crippen molar-refractivity contribution < 1.29 is 23.6 Å². The molecule has 0 saturated carbocycles. The van der Waals surface area contributed by atoms with Gasteiger partial charge in [0.2, 0.25) is 5.78 Å². The molecule has 0 aromatic carbocycles. The SMILES string of the molecule is CCCCOc1noc2c1C(=O)[C@@]1(OC)C(=O)C=CC[C@H]1[C@@H]2N(C)C. The van der Waals surface area contributed by atoms with Gasteiger partial charge in [0.1, 0.15) is 5.56 Å². The summed E-state index contributed by atoms with van der Waals surface area (Å²) in [6.07, 6.45) is 5.56. The number of unbranched alkanes of at least 4 members (excludes halogenated alkanes) is 1. The summed E-state index contributed by atoms with van der Waals surface area (Å²) in [5.41, 5.74) is -1.32. The van der Waals surface area contributed by atoms with Crippen molar-refractivity contribution in [2.45, 2.75) is 37.8 Å². The number of nitrogens with zero attached hydrogens (tertiary/aromatic N) is 2. The lowest BCUT2D eigenvalue weighted by molar-refractivity contribution is -0.141. The standard InChI is InChI=1S/C18H24N2O5/c1-5-6-10-24-17-13-15(25-19-17)14(20(2)3)11-8-7-9-12(21)18(11,23-4)16(13)22/h7,9,11,14H,5-6,8,10H2,1-4H3/t11-,14-,18-/m0/s1. The molecule has 2 aliphatic carbocycles. The molecule has 0 amide bonds. The number of fused-ring (bicyclic) bond motifs is 2. The predicted octanol–water partition coefficient (Wildman–Crippen LogP) is 2.18. The largest absolute Gasteiger partial charge is 0.475 e. The van der Waals surface area contributed by atoms with Crippen LogP contribution in [0.15, 0.2) is 16.7 Å². The molecular weight excluding hydrogens is 324 g/mol. The highest BCUT2D eigenvalue weighted by Gasteiger charge is 2.62. The van der Waals surface area contributed by atoms with E-state index in [1.807, 2.05) is 25.9 Å². The van der Waals surface area contributed by atoms with Crippen molar-refractivity contribution in [3.63, 3.8) is 0 Å². The van der Waals surface area contributed by atoms with E-state index in [0.717, 1.165) is 12.8 Å². The molecule has 0 saturated heterocycles. The molecule has 0 fully saturated rings. The van der Waals surface area contributed by atoms with Gasteiger partial charge in [0.25, 0.3) is 5.88 Å². The van der Waals surface area contributed by atoms with Crippen molar-refractivity contribution >= 4 is 11.6 Å². The van der Waals surface area contributed by atoms with Crippen LogP contribution in [0, 0.1) is 5.92 Å². The molecule has 1 aromatic heterocycles. The van der Waals surface area contributed by atoms with Gasteiger partial charge in [-0.15, -0.1) is 0 Å². The van der Waals surface area contributed by atoms with Crippen LogP contribution in [0.5, 0.6) is 5.88 Å². The van der Waals surface area contributed by atoms with Gasteiger partial charge in [-0.1, -0.05) is 19.4 Å². The Balaban J connectivity index is 2.13. The summed E-state index contributed by atoms with van der Waals surface area (Å²) in [4.78, 5) is 28.0. The number of hydrogen-bond donors (Lipinski definition) is 0. The maximum Gasteiger partial charge on any atom is 0.265 e. The second-order valence-electron chi connectivity index (χ2n) is 6.72. The molecule has 0 spiro atoms. The maximum absolute atomic E-state index is 13.3. The Labute approximate surface area is 146 Å². The molecule has 0 aliphatic heterocycles. The molecule has 1 aromatic rings. The third-order valence-electron chi connectivity index (χ3n) is 5.06. The zero-order valence-electron chi connectivity index (χ0n) is 15.1. The lowest BCUT2D eigenvalue weighted by atomic mass is 9.65. The highest BCUT2D eigenvalue weighted by atomic mass is 16.5. The van der Waals surface area contributed by atoms with E-state index in [-0.39, 0.29) is 29.2 Å². The molecule has 0 bridgehead atoms. The average molecular weight is 348 g/mol. The van der Waals surface area contributed by atoms with E-state index in [0.29, 0.717) is 18.8 Å². The first-order chi connectivity index (χ1) is 12.0. The van der Waals surface area contributed by atoms with Crippen LogP contribution in [0.1, 0.15) is 48.3 Å². The molecule has 7 heteroatoms. The zero-order valence-corrected chi connectivity index (χ0v) is 15.1. The Hall–Kier alpha value is -1.99. The van der Waals surface area contributed by atoms with Crippen molar-refractivity contribution in [3.8, 4) is 5.88 Å². The highest BCUT2D eigenvalue weighted by Crippen LogP contribution is 2.50. The predicted molar refractivity (Wildman–Crippen MR) is 89.7 cm³/mol. The first-order valence-electron chi connectivity index (χ1n) is 8.58. The number of Topliss-reactive ketones (excluding diaryl/α,β-unsaturated/α-hetero) is 1. The second kappa shape index (κ2) is 6.72. The quantitative estimate of drug-likeness (QED) is 0.575. The zero-order chi connectivity index (χ0) is 18.2. The number of rotatable bonds is 6. The first kappa shape index (κ1) is 17.8. The van der Waals surface area contributed by atoms with Gasteiger partial charge in [-0.25, -0.2) is 0 Å². The van der Waals surface area contributed by atoms with Gasteiger partial charge in [-0.05, 0) is 38.2 Å². The van der Waals surface area contributed by atoms with Crippen molar-refractivity contribution in [2.75, 3.05) is 27.8 Å². The van der Waals surface area contributed by atoms with Crippen molar-refractivity contribution in [1.29, 1.82) is 0 Å². The van der Waals surface area contributed by atoms with Crippen molar-refractivity contribution in [1.82, 2.24) is 10.1 Å². The minimum Gasteiger partial charge on any atom is -0.475 e. The third-order valence-corrected chi connectivity index (χ3v) is 5.06. The maximum atomic E-state index is 13.3. The minimum absolute atomic E-state index is 0.150. The van der Waals surface area contributed by atoms with Crippen LogP contribution in [0.25, 0.3) is 0 Å². The fourth-order valence-corrected chi connectivity index (χ4v) is 3.84.